The minimum Gasteiger partial charge on any atom is -0.363 e. The molecule has 0 radical (unpaired) electrons. The van der Waals surface area contributed by atoms with Crippen molar-refractivity contribution < 1.29 is 4.79 Å². The molecule has 0 unspecified atom stereocenters. The molecule has 4 nitrogen and oxygen atoms in total. The van der Waals surface area contributed by atoms with Crippen molar-refractivity contribution in [1.82, 2.24) is 4.98 Å². The van der Waals surface area contributed by atoms with E-state index in [1.807, 2.05) is 73.7 Å². The number of rotatable bonds is 6. The Morgan fingerprint density at radius 1 is 0.933 bits per heavy atom. The zero-order valence-electron chi connectivity index (χ0n) is 17.2. The van der Waals surface area contributed by atoms with Gasteiger partial charge in [-0.15, -0.1) is 0 Å². The van der Waals surface area contributed by atoms with E-state index in [0.29, 0.717) is 12.1 Å². The number of nitrogens with zero attached hydrogens (tertiary/aromatic N) is 2. The monoisotopic (exact) mass is 395 g/mol. The second-order valence-electron chi connectivity index (χ2n) is 7.29. The van der Waals surface area contributed by atoms with Crippen molar-refractivity contribution >= 4 is 28.2 Å². The maximum absolute atomic E-state index is 13.3. The number of amides is 1. The first-order valence-electron chi connectivity index (χ1n) is 10.2. The Hall–Kier alpha value is -3.66. The molecule has 0 saturated heterocycles. The smallest absolute Gasteiger partial charge is 0.258 e. The minimum absolute atomic E-state index is 0.0171. The van der Waals surface area contributed by atoms with Crippen LogP contribution in [-0.4, -0.2) is 17.4 Å². The fourth-order valence-corrected chi connectivity index (χ4v) is 3.63. The third kappa shape index (κ3) is 4.18. The lowest BCUT2D eigenvalue weighted by Gasteiger charge is -2.22. The van der Waals surface area contributed by atoms with Gasteiger partial charge in [0.25, 0.3) is 5.91 Å². The molecule has 0 fully saturated rings. The highest BCUT2D eigenvalue weighted by Crippen LogP contribution is 2.24. The van der Waals surface area contributed by atoms with Gasteiger partial charge in [0, 0.05) is 36.1 Å². The standard InChI is InChI=1S/C26H25N3O/c1-3-29(26(30)23-14-13-21-11-7-8-12-22(21)17-23)24-15-16-27-25(18-24)28-19(2)20-9-5-4-6-10-20/h4-19H,3H2,1-2H3,(H,27,28)/t19-/m0/s1. The van der Waals surface area contributed by atoms with Crippen molar-refractivity contribution in [3.05, 3.63) is 102 Å². The van der Waals surface area contributed by atoms with Crippen LogP contribution in [-0.2, 0) is 0 Å². The molecule has 30 heavy (non-hydrogen) atoms. The average Bonchev–Trinajstić information content (AvgIpc) is 2.80. The van der Waals surface area contributed by atoms with Gasteiger partial charge in [-0.2, -0.15) is 0 Å². The van der Waals surface area contributed by atoms with E-state index in [0.717, 1.165) is 22.3 Å². The summed E-state index contributed by atoms with van der Waals surface area (Å²) < 4.78 is 0. The van der Waals surface area contributed by atoms with E-state index in [2.05, 4.69) is 35.4 Å². The molecule has 4 aromatic rings. The summed E-state index contributed by atoms with van der Waals surface area (Å²) in [4.78, 5) is 19.5. The van der Waals surface area contributed by atoms with E-state index in [1.54, 1.807) is 11.1 Å². The van der Waals surface area contributed by atoms with Crippen LogP contribution < -0.4 is 10.2 Å². The molecule has 0 spiro atoms. The molecule has 1 aromatic heterocycles. The van der Waals surface area contributed by atoms with Crippen molar-refractivity contribution in [3.8, 4) is 0 Å². The highest BCUT2D eigenvalue weighted by atomic mass is 16.2. The number of anilines is 2. The summed E-state index contributed by atoms with van der Waals surface area (Å²) in [6.07, 6.45) is 1.74. The van der Waals surface area contributed by atoms with Crippen LogP contribution in [0.15, 0.2) is 91.1 Å². The Balaban J connectivity index is 1.58. The summed E-state index contributed by atoms with van der Waals surface area (Å²) in [5, 5.41) is 5.62. The van der Waals surface area contributed by atoms with Gasteiger partial charge < -0.3 is 10.2 Å². The molecule has 4 heteroatoms. The molecule has 1 heterocycles. The van der Waals surface area contributed by atoms with E-state index in [4.69, 9.17) is 0 Å². The maximum atomic E-state index is 13.3. The molecular formula is C26H25N3O. The van der Waals surface area contributed by atoms with Crippen molar-refractivity contribution in [3.63, 3.8) is 0 Å². The van der Waals surface area contributed by atoms with E-state index < -0.39 is 0 Å². The molecule has 150 valence electrons. The SMILES string of the molecule is CCN(C(=O)c1ccc2ccccc2c1)c1ccnc(N[C@@H](C)c2ccccc2)c1. The molecule has 0 aliphatic rings. The van der Waals surface area contributed by atoms with E-state index in [9.17, 15) is 4.79 Å². The van der Waals surface area contributed by atoms with Crippen LogP contribution in [0.5, 0.6) is 0 Å². The number of pyridine rings is 1. The number of benzene rings is 3. The van der Waals surface area contributed by atoms with Gasteiger partial charge in [-0.3, -0.25) is 4.79 Å². The number of fused-ring (bicyclic) bond motifs is 1. The quantitative estimate of drug-likeness (QED) is 0.431. The second kappa shape index (κ2) is 8.78. The van der Waals surface area contributed by atoms with E-state index in [1.165, 1.54) is 5.56 Å². The molecule has 3 aromatic carbocycles. The van der Waals surface area contributed by atoms with Crippen molar-refractivity contribution in [2.75, 3.05) is 16.8 Å². The normalized spacial score (nSPS) is 11.8. The Morgan fingerprint density at radius 2 is 1.67 bits per heavy atom. The zero-order valence-corrected chi connectivity index (χ0v) is 17.2. The minimum atomic E-state index is -0.0171. The molecule has 0 aliphatic carbocycles. The third-order valence-electron chi connectivity index (χ3n) is 5.28. The Labute approximate surface area is 177 Å². The van der Waals surface area contributed by atoms with Gasteiger partial charge in [0.1, 0.15) is 5.82 Å². The van der Waals surface area contributed by atoms with Crippen molar-refractivity contribution in [2.24, 2.45) is 0 Å². The molecule has 4 rings (SSSR count). The fraction of sp³-hybridized carbons (Fsp3) is 0.154. The van der Waals surface area contributed by atoms with Crippen molar-refractivity contribution in [1.29, 1.82) is 0 Å². The van der Waals surface area contributed by atoms with Gasteiger partial charge in [0.2, 0.25) is 0 Å². The van der Waals surface area contributed by atoms with Gasteiger partial charge in [0.05, 0.1) is 0 Å². The van der Waals surface area contributed by atoms with Gasteiger partial charge in [-0.25, -0.2) is 4.98 Å². The van der Waals surface area contributed by atoms with Crippen LogP contribution in [0.25, 0.3) is 10.8 Å². The Kier molecular flexibility index (Phi) is 5.75. The first kappa shape index (κ1) is 19.6. The number of carbonyl (C=O) groups is 1. The van der Waals surface area contributed by atoms with Gasteiger partial charge >= 0.3 is 0 Å². The van der Waals surface area contributed by atoms with Crippen molar-refractivity contribution in [2.45, 2.75) is 19.9 Å². The summed E-state index contributed by atoms with van der Waals surface area (Å²) in [7, 11) is 0. The highest BCUT2D eigenvalue weighted by molar-refractivity contribution is 6.08. The lowest BCUT2D eigenvalue weighted by Crippen LogP contribution is -2.30. The number of hydrogen-bond acceptors (Lipinski definition) is 3. The molecule has 1 N–H and O–H groups in total. The summed E-state index contributed by atoms with van der Waals surface area (Å²) in [6, 6.07) is 28.1. The molecule has 0 bridgehead atoms. The first-order chi connectivity index (χ1) is 14.7. The van der Waals surface area contributed by atoms with Crippen LogP contribution in [0.2, 0.25) is 0 Å². The third-order valence-corrected chi connectivity index (χ3v) is 5.28. The predicted molar refractivity (Wildman–Crippen MR) is 124 cm³/mol. The summed E-state index contributed by atoms with van der Waals surface area (Å²) in [5.41, 5.74) is 2.69. The molecular weight excluding hydrogens is 370 g/mol. The summed E-state index contributed by atoms with van der Waals surface area (Å²) in [5.74, 6) is 0.727. The number of aromatic nitrogens is 1. The van der Waals surface area contributed by atoms with Gasteiger partial charge in [0.15, 0.2) is 0 Å². The lowest BCUT2D eigenvalue weighted by atomic mass is 10.1. The number of hydrogen-bond donors (Lipinski definition) is 1. The first-order valence-corrected chi connectivity index (χ1v) is 10.2. The van der Waals surface area contributed by atoms with Crippen LogP contribution >= 0.6 is 0 Å². The van der Waals surface area contributed by atoms with Crippen LogP contribution in [0.1, 0.15) is 35.8 Å². The average molecular weight is 396 g/mol. The topological polar surface area (TPSA) is 45.2 Å². The zero-order chi connectivity index (χ0) is 20.9. The van der Waals surface area contributed by atoms with E-state index >= 15 is 0 Å². The fourth-order valence-electron chi connectivity index (χ4n) is 3.63. The molecule has 0 aliphatic heterocycles. The molecule has 1 atom stereocenters. The predicted octanol–water partition coefficient (Wildman–Crippen LogP) is 6.07. The van der Waals surface area contributed by atoms with E-state index in [-0.39, 0.29) is 11.9 Å². The molecule has 0 saturated carbocycles. The maximum Gasteiger partial charge on any atom is 0.258 e. The van der Waals surface area contributed by atoms with Gasteiger partial charge in [-0.05, 0) is 48.4 Å². The number of carbonyl (C=O) groups excluding carboxylic acids is 1. The lowest BCUT2D eigenvalue weighted by molar-refractivity contribution is 0.0988. The van der Waals surface area contributed by atoms with Gasteiger partial charge in [-0.1, -0.05) is 60.7 Å². The highest BCUT2D eigenvalue weighted by Gasteiger charge is 2.17. The second-order valence-corrected chi connectivity index (χ2v) is 7.29. The molecule has 1 amide bonds. The number of nitrogens with one attached hydrogen (secondary N) is 1. The summed E-state index contributed by atoms with van der Waals surface area (Å²) >= 11 is 0. The Bertz CT molecular complexity index is 1160. The van der Waals surface area contributed by atoms with Crippen LogP contribution in [0.3, 0.4) is 0 Å². The van der Waals surface area contributed by atoms with Crippen LogP contribution in [0.4, 0.5) is 11.5 Å². The largest absolute Gasteiger partial charge is 0.363 e. The Morgan fingerprint density at radius 3 is 2.43 bits per heavy atom. The summed E-state index contributed by atoms with van der Waals surface area (Å²) in [6.45, 7) is 4.66. The van der Waals surface area contributed by atoms with Crippen LogP contribution in [0, 0.1) is 0 Å².